The van der Waals surface area contributed by atoms with Crippen LogP contribution in [0.25, 0.3) is 11.4 Å². The monoisotopic (exact) mass is 460 g/mol. The first kappa shape index (κ1) is 22.7. The van der Waals surface area contributed by atoms with E-state index in [2.05, 4.69) is 30.6 Å². The summed E-state index contributed by atoms with van der Waals surface area (Å²) in [6.07, 6.45) is -2.72. The lowest BCUT2D eigenvalue weighted by Gasteiger charge is -2.30. The Kier molecular flexibility index (Phi) is 6.59. The van der Waals surface area contributed by atoms with Gasteiger partial charge in [-0.1, -0.05) is 36.4 Å². The fourth-order valence-corrected chi connectivity index (χ4v) is 4.12. The van der Waals surface area contributed by atoms with Crippen molar-refractivity contribution in [1.29, 1.82) is 0 Å². The fourth-order valence-electron chi connectivity index (χ4n) is 4.12. The number of nitrogens with one attached hydrogen (secondary N) is 1. The van der Waals surface area contributed by atoms with Gasteiger partial charge in [-0.3, -0.25) is 15.7 Å². The maximum absolute atomic E-state index is 12.5. The Labute approximate surface area is 188 Å². The molecule has 0 saturated carbocycles. The number of alkyl halides is 3. The molecular formula is C22H23F3N6O2. The highest BCUT2D eigenvalue weighted by Crippen LogP contribution is 2.36. The maximum Gasteiger partial charge on any atom is 0.573 e. The Bertz CT molecular complexity index is 1100. The van der Waals surface area contributed by atoms with Crippen molar-refractivity contribution in [2.75, 3.05) is 6.54 Å². The number of aliphatic imine (C=N–C) groups is 1. The molecule has 2 aromatic carbocycles. The van der Waals surface area contributed by atoms with E-state index in [4.69, 9.17) is 0 Å². The van der Waals surface area contributed by atoms with Crippen LogP contribution < -0.4 is 10.2 Å². The summed E-state index contributed by atoms with van der Waals surface area (Å²) in [7, 11) is 1.70. The molecule has 2 N–H and O–H groups in total. The molecule has 0 fully saturated rings. The number of hydrogen-bond acceptors (Lipinski definition) is 7. The number of aryl methyl sites for hydroxylation is 1. The standard InChI is InChI=1S/C22H23F3N6O2/c1-31-28-21(27-30-31)16-4-2-14(3-5-16)12-19(17-10-11-26-20(13-17)29-32)15-6-8-18(9-7-15)33-22(23,24)25/h2-9,17,19,32H,10-13H2,1H3,(H,26,29). The van der Waals surface area contributed by atoms with Gasteiger partial charge in [0.15, 0.2) is 0 Å². The first-order chi connectivity index (χ1) is 15.8. The van der Waals surface area contributed by atoms with Crippen molar-refractivity contribution in [3.63, 3.8) is 0 Å². The second-order valence-electron chi connectivity index (χ2n) is 7.92. The number of rotatable bonds is 6. The minimum Gasteiger partial charge on any atom is -0.406 e. The van der Waals surface area contributed by atoms with Crippen LogP contribution in [0.5, 0.6) is 5.75 Å². The van der Waals surface area contributed by atoms with E-state index in [1.165, 1.54) is 16.9 Å². The molecule has 174 valence electrons. The summed E-state index contributed by atoms with van der Waals surface area (Å²) in [6, 6.07) is 13.8. The number of benzene rings is 2. The van der Waals surface area contributed by atoms with Crippen molar-refractivity contribution in [1.82, 2.24) is 25.7 Å². The molecule has 11 heteroatoms. The number of amidine groups is 1. The molecule has 0 amide bonds. The van der Waals surface area contributed by atoms with Crippen molar-refractivity contribution < 1.29 is 23.1 Å². The molecule has 1 aliphatic rings. The van der Waals surface area contributed by atoms with Crippen molar-refractivity contribution in [2.24, 2.45) is 18.0 Å². The molecule has 2 unspecified atom stereocenters. The number of hydroxylamine groups is 1. The zero-order valence-electron chi connectivity index (χ0n) is 17.8. The summed E-state index contributed by atoms with van der Waals surface area (Å²) in [4.78, 5) is 5.66. The zero-order valence-corrected chi connectivity index (χ0v) is 17.8. The van der Waals surface area contributed by atoms with Gasteiger partial charge in [0.2, 0.25) is 5.82 Å². The number of halogens is 3. The second-order valence-corrected chi connectivity index (χ2v) is 7.92. The van der Waals surface area contributed by atoms with E-state index in [0.717, 1.165) is 23.1 Å². The van der Waals surface area contributed by atoms with Gasteiger partial charge in [0.25, 0.3) is 0 Å². The average Bonchev–Trinajstić information content (AvgIpc) is 3.24. The van der Waals surface area contributed by atoms with Gasteiger partial charge in [-0.05, 0) is 53.2 Å². The third kappa shape index (κ3) is 5.86. The summed E-state index contributed by atoms with van der Waals surface area (Å²) in [5, 5.41) is 21.4. The van der Waals surface area contributed by atoms with Gasteiger partial charge in [-0.15, -0.1) is 23.4 Å². The Hall–Kier alpha value is -3.47. The summed E-state index contributed by atoms with van der Waals surface area (Å²) >= 11 is 0. The highest BCUT2D eigenvalue weighted by Gasteiger charge is 2.31. The lowest BCUT2D eigenvalue weighted by Crippen LogP contribution is -2.30. The van der Waals surface area contributed by atoms with Crippen LogP contribution in [0.2, 0.25) is 0 Å². The third-order valence-corrected chi connectivity index (χ3v) is 5.67. The molecule has 3 aromatic rings. The Morgan fingerprint density at radius 2 is 1.88 bits per heavy atom. The zero-order chi connectivity index (χ0) is 23.4. The Morgan fingerprint density at radius 1 is 1.15 bits per heavy atom. The maximum atomic E-state index is 12.5. The molecule has 8 nitrogen and oxygen atoms in total. The molecule has 2 atom stereocenters. The minimum absolute atomic E-state index is 0.00396. The van der Waals surface area contributed by atoms with Gasteiger partial charge in [0.1, 0.15) is 11.6 Å². The fraction of sp³-hybridized carbons (Fsp3) is 0.364. The van der Waals surface area contributed by atoms with Crippen molar-refractivity contribution in [3.05, 3.63) is 59.7 Å². The molecule has 1 aliphatic heterocycles. The van der Waals surface area contributed by atoms with Crippen LogP contribution in [-0.4, -0.2) is 44.2 Å². The Balaban J connectivity index is 1.57. The lowest BCUT2D eigenvalue weighted by atomic mass is 9.77. The van der Waals surface area contributed by atoms with Crippen LogP contribution in [-0.2, 0) is 13.5 Å². The summed E-state index contributed by atoms with van der Waals surface area (Å²) in [6.45, 7) is 0.566. The van der Waals surface area contributed by atoms with Gasteiger partial charge in [0, 0.05) is 18.5 Å². The van der Waals surface area contributed by atoms with E-state index in [-0.39, 0.29) is 17.6 Å². The molecule has 0 bridgehead atoms. The minimum atomic E-state index is -4.73. The number of nitrogens with zero attached hydrogens (tertiary/aromatic N) is 5. The molecule has 0 aliphatic carbocycles. The van der Waals surface area contributed by atoms with Crippen LogP contribution in [0.3, 0.4) is 0 Å². The summed E-state index contributed by atoms with van der Waals surface area (Å²) in [5.41, 5.74) is 4.95. The van der Waals surface area contributed by atoms with Crippen molar-refractivity contribution in [2.45, 2.75) is 31.5 Å². The summed E-state index contributed by atoms with van der Waals surface area (Å²) in [5.74, 6) is 0.936. The molecule has 1 aromatic heterocycles. The van der Waals surface area contributed by atoms with Crippen LogP contribution in [0.4, 0.5) is 13.2 Å². The predicted octanol–water partition coefficient (Wildman–Crippen LogP) is 3.89. The largest absolute Gasteiger partial charge is 0.573 e. The number of hydrogen-bond donors (Lipinski definition) is 2. The number of aromatic nitrogens is 4. The molecule has 33 heavy (non-hydrogen) atoms. The topological polar surface area (TPSA) is 97.5 Å². The Morgan fingerprint density at radius 3 is 2.48 bits per heavy atom. The molecule has 0 saturated heterocycles. The van der Waals surface area contributed by atoms with Gasteiger partial charge >= 0.3 is 6.36 Å². The van der Waals surface area contributed by atoms with Gasteiger partial charge in [-0.2, -0.15) is 4.80 Å². The molecule has 0 radical (unpaired) electrons. The summed E-state index contributed by atoms with van der Waals surface area (Å²) < 4.78 is 41.6. The normalized spacial score (nSPS) is 17.4. The number of tetrazole rings is 1. The van der Waals surface area contributed by atoms with E-state index < -0.39 is 6.36 Å². The molecular weight excluding hydrogens is 437 g/mol. The molecule has 2 heterocycles. The van der Waals surface area contributed by atoms with E-state index in [9.17, 15) is 18.4 Å². The van der Waals surface area contributed by atoms with Crippen molar-refractivity contribution in [3.8, 4) is 17.1 Å². The smallest absolute Gasteiger partial charge is 0.406 e. The van der Waals surface area contributed by atoms with Gasteiger partial charge in [-0.25, -0.2) is 0 Å². The SMILES string of the molecule is Cn1nnc(-c2ccc(CC(c3ccc(OC(F)(F)F)cc3)C3CCN=C(NO)C3)cc2)n1. The van der Waals surface area contributed by atoms with E-state index >= 15 is 0 Å². The molecule has 0 spiro atoms. The predicted molar refractivity (Wildman–Crippen MR) is 114 cm³/mol. The van der Waals surface area contributed by atoms with Crippen LogP contribution >= 0.6 is 0 Å². The van der Waals surface area contributed by atoms with E-state index in [1.54, 1.807) is 19.2 Å². The first-order valence-electron chi connectivity index (χ1n) is 10.4. The van der Waals surface area contributed by atoms with Crippen LogP contribution in [0, 0.1) is 5.92 Å². The van der Waals surface area contributed by atoms with Crippen molar-refractivity contribution >= 4 is 5.84 Å². The van der Waals surface area contributed by atoms with E-state index in [1.807, 2.05) is 24.3 Å². The quantitative estimate of drug-likeness (QED) is 0.542. The van der Waals surface area contributed by atoms with Crippen LogP contribution in [0.1, 0.15) is 29.9 Å². The highest BCUT2D eigenvalue weighted by atomic mass is 19.4. The third-order valence-electron chi connectivity index (χ3n) is 5.67. The second kappa shape index (κ2) is 9.57. The average molecular weight is 460 g/mol. The first-order valence-corrected chi connectivity index (χ1v) is 10.4. The number of ether oxygens (including phenoxy) is 1. The molecule has 4 rings (SSSR count). The van der Waals surface area contributed by atoms with Crippen LogP contribution in [0.15, 0.2) is 53.5 Å². The van der Waals surface area contributed by atoms with Gasteiger partial charge in [0.05, 0.1) is 7.05 Å². The highest BCUT2D eigenvalue weighted by molar-refractivity contribution is 5.81. The lowest BCUT2D eigenvalue weighted by molar-refractivity contribution is -0.274. The van der Waals surface area contributed by atoms with E-state index in [0.29, 0.717) is 31.0 Å². The van der Waals surface area contributed by atoms with Gasteiger partial charge < -0.3 is 4.74 Å².